The topological polar surface area (TPSA) is 20.5 Å². The number of aromatic nitrogens is 1. The molecule has 0 saturated carbocycles. The number of halogens is 1. The van der Waals surface area contributed by atoms with Gasteiger partial charge in [0.2, 0.25) is 6.29 Å². The molecule has 9 rings (SSSR count). The second-order valence-electron chi connectivity index (χ2n) is 11.9. The van der Waals surface area contributed by atoms with Crippen LogP contribution in [-0.2, 0) is 5.41 Å². The number of benzene rings is 5. The van der Waals surface area contributed by atoms with Crippen LogP contribution in [0.4, 0.5) is 0 Å². The summed E-state index contributed by atoms with van der Waals surface area (Å²) in [5.41, 5.74) is 7.46. The van der Waals surface area contributed by atoms with Gasteiger partial charge >= 0.3 is 0 Å². The van der Waals surface area contributed by atoms with Gasteiger partial charge < -0.3 is 9.47 Å². The predicted octanol–water partition coefficient (Wildman–Crippen LogP) is 8.53. The Balaban J connectivity index is 1.37. The van der Waals surface area contributed by atoms with E-state index in [2.05, 4.69) is 161 Å². The van der Waals surface area contributed by atoms with Crippen molar-refractivity contribution in [2.75, 3.05) is 7.05 Å². The maximum atomic E-state index is 5.58. The molecule has 0 spiro atoms. The monoisotopic (exact) mass is 637 g/mol. The maximum absolute atomic E-state index is 5.58. The molecule has 3 atom stereocenters. The third kappa shape index (κ3) is 3.41. The van der Waals surface area contributed by atoms with Crippen LogP contribution in [0, 0.1) is 0 Å². The van der Waals surface area contributed by atoms with Crippen molar-refractivity contribution < 1.29 is 0 Å². The lowest BCUT2D eigenvalue weighted by Gasteiger charge is -2.39. The minimum absolute atomic E-state index is 0.173. The number of allylic oxidation sites excluding steroid dienone is 1. The van der Waals surface area contributed by atoms with E-state index in [1.807, 2.05) is 11.8 Å². The molecule has 0 amide bonds. The molecule has 3 unspecified atom stereocenters. The van der Waals surface area contributed by atoms with E-state index in [-0.39, 0.29) is 17.0 Å². The highest BCUT2D eigenvalue weighted by molar-refractivity contribution is 9.11. The summed E-state index contributed by atoms with van der Waals surface area (Å²) in [7, 11) is 2.21. The predicted molar refractivity (Wildman–Crippen MR) is 182 cm³/mol. The highest BCUT2D eigenvalue weighted by atomic mass is 79.9. The van der Waals surface area contributed by atoms with Gasteiger partial charge in [0.05, 0.1) is 21.8 Å². The van der Waals surface area contributed by atoms with Gasteiger partial charge in [0.25, 0.3) is 0 Å². The standard InChI is InChI=1S/C38H28BrN3S/c1-38-28-17-9-11-19-31(28)43-36(38)35-27(22-32(38)39)26-16-8-10-18-30(26)42(35)37-40-29-21-20-23-12-6-7-15-25(23)33(29)34(41(37)2)24-13-4-3-5-14-24/h3-22,36-37H,1-2H3. The van der Waals surface area contributed by atoms with Crippen LogP contribution in [0.2, 0.25) is 0 Å². The number of nitrogens with zero attached hydrogens (tertiary/aromatic N) is 3. The first-order valence-corrected chi connectivity index (χ1v) is 16.4. The van der Waals surface area contributed by atoms with E-state index in [9.17, 15) is 0 Å². The van der Waals surface area contributed by atoms with Gasteiger partial charge in [-0.25, -0.2) is 4.99 Å². The minimum atomic E-state index is -0.253. The Morgan fingerprint density at radius 2 is 1.51 bits per heavy atom. The molecule has 2 aliphatic heterocycles. The van der Waals surface area contributed by atoms with Crippen molar-refractivity contribution in [2.24, 2.45) is 4.99 Å². The fourth-order valence-electron chi connectivity index (χ4n) is 7.52. The summed E-state index contributed by atoms with van der Waals surface area (Å²) in [6.45, 7) is 2.40. The summed E-state index contributed by atoms with van der Waals surface area (Å²) in [5.74, 6) is 0. The van der Waals surface area contributed by atoms with Crippen LogP contribution in [0.5, 0.6) is 0 Å². The van der Waals surface area contributed by atoms with Crippen LogP contribution in [-0.4, -0.2) is 16.5 Å². The molecule has 1 aromatic heterocycles. The normalized spacial score (nSPS) is 22.1. The maximum Gasteiger partial charge on any atom is 0.203 e. The van der Waals surface area contributed by atoms with Crippen LogP contribution < -0.4 is 10.6 Å². The minimum Gasteiger partial charge on any atom is -0.334 e. The Labute approximate surface area is 263 Å². The Morgan fingerprint density at radius 3 is 2.37 bits per heavy atom. The zero-order chi connectivity index (χ0) is 28.9. The molecule has 208 valence electrons. The zero-order valence-electron chi connectivity index (χ0n) is 23.8. The van der Waals surface area contributed by atoms with Crippen LogP contribution >= 0.6 is 27.7 Å². The van der Waals surface area contributed by atoms with E-state index in [4.69, 9.17) is 4.99 Å². The molecule has 0 fully saturated rings. The van der Waals surface area contributed by atoms with Gasteiger partial charge in [-0.05, 0) is 53.1 Å². The zero-order valence-corrected chi connectivity index (χ0v) is 26.2. The van der Waals surface area contributed by atoms with E-state index in [1.54, 1.807) is 0 Å². The van der Waals surface area contributed by atoms with Crippen LogP contribution in [0.3, 0.4) is 0 Å². The van der Waals surface area contributed by atoms with Crippen molar-refractivity contribution in [2.45, 2.75) is 28.8 Å². The van der Waals surface area contributed by atoms with Gasteiger partial charge in [-0.15, -0.1) is 11.8 Å². The lowest BCUT2D eigenvalue weighted by atomic mass is 9.74. The first kappa shape index (κ1) is 25.4. The van der Waals surface area contributed by atoms with E-state index in [0.717, 1.165) is 5.36 Å². The third-order valence-corrected chi connectivity index (χ3v) is 12.2. The lowest BCUT2D eigenvalue weighted by Crippen LogP contribution is -2.44. The first-order chi connectivity index (χ1) is 21.1. The van der Waals surface area contributed by atoms with E-state index in [0.29, 0.717) is 0 Å². The van der Waals surface area contributed by atoms with Crippen molar-refractivity contribution in [3.05, 3.63) is 153 Å². The molecule has 0 bridgehead atoms. The van der Waals surface area contributed by atoms with Crippen molar-refractivity contribution in [1.82, 2.24) is 9.47 Å². The number of para-hydroxylation sites is 1. The molecule has 3 heterocycles. The number of rotatable bonds is 2. The average Bonchev–Trinajstić information content (AvgIpc) is 3.54. The van der Waals surface area contributed by atoms with Crippen LogP contribution in [0.1, 0.15) is 40.8 Å². The smallest absolute Gasteiger partial charge is 0.203 e. The van der Waals surface area contributed by atoms with Gasteiger partial charge in [-0.1, -0.05) is 113 Å². The van der Waals surface area contributed by atoms with Gasteiger partial charge in [0.1, 0.15) is 0 Å². The summed E-state index contributed by atoms with van der Waals surface area (Å²) < 4.78 is 3.77. The number of hydrogen-bond donors (Lipinski definition) is 0. The summed E-state index contributed by atoms with van der Waals surface area (Å²) in [4.78, 5) is 9.34. The highest BCUT2D eigenvalue weighted by Gasteiger charge is 2.51. The molecule has 5 aromatic carbocycles. The molecular formula is C38H28BrN3S. The average molecular weight is 639 g/mol. The van der Waals surface area contributed by atoms with E-state index < -0.39 is 0 Å². The largest absolute Gasteiger partial charge is 0.334 e. The molecule has 1 aliphatic carbocycles. The van der Waals surface area contributed by atoms with Crippen molar-refractivity contribution in [1.29, 1.82) is 0 Å². The Bertz CT molecular complexity index is 2290. The first-order valence-electron chi connectivity index (χ1n) is 14.7. The molecular weight excluding hydrogens is 610 g/mol. The number of fused-ring (bicyclic) bond motifs is 10. The Hall–Kier alpha value is -4.06. The molecule has 3 aliphatic rings. The van der Waals surface area contributed by atoms with Gasteiger partial charge in [0.15, 0.2) is 0 Å². The summed E-state index contributed by atoms with van der Waals surface area (Å²) >= 11 is 6.07. The fourth-order valence-corrected chi connectivity index (χ4v) is 10.00. The SMILES string of the molecule is CN1C(c2ccccc2)=c2c(ccc3ccccc23)=NC1n1c2c(c3ccccc31)C=C(Br)C1(C)c3ccccc3SC21. The van der Waals surface area contributed by atoms with Gasteiger partial charge in [0, 0.05) is 43.7 Å². The number of hydrogen-bond acceptors (Lipinski definition) is 3. The van der Waals surface area contributed by atoms with Crippen molar-refractivity contribution in [3.63, 3.8) is 0 Å². The quantitative estimate of drug-likeness (QED) is 0.190. The second kappa shape index (κ2) is 9.22. The summed E-state index contributed by atoms with van der Waals surface area (Å²) in [6, 6.07) is 41.7. The molecule has 43 heavy (non-hydrogen) atoms. The molecule has 0 saturated heterocycles. The molecule has 0 N–H and O–H groups in total. The highest BCUT2D eigenvalue weighted by Crippen LogP contribution is 2.65. The summed E-state index contributed by atoms with van der Waals surface area (Å²) in [5, 5.41) is 6.16. The lowest BCUT2D eigenvalue weighted by molar-refractivity contribution is 0.258. The molecule has 5 heteroatoms. The second-order valence-corrected chi connectivity index (χ2v) is 13.9. The van der Waals surface area contributed by atoms with Crippen LogP contribution in [0.25, 0.3) is 33.4 Å². The van der Waals surface area contributed by atoms with E-state index >= 15 is 0 Å². The Morgan fingerprint density at radius 1 is 0.791 bits per heavy atom. The van der Waals surface area contributed by atoms with Crippen molar-refractivity contribution >= 4 is 61.1 Å². The fraction of sp³-hybridized carbons (Fsp3) is 0.132. The van der Waals surface area contributed by atoms with Gasteiger partial charge in [-0.3, -0.25) is 0 Å². The molecule has 0 radical (unpaired) electrons. The molecule has 3 nitrogen and oxygen atoms in total. The van der Waals surface area contributed by atoms with Crippen LogP contribution in [0.15, 0.2) is 130 Å². The Kier molecular flexibility index (Phi) is 5.45. The summed E-state index contributed by atoms with van der Waals surface area (Å²) in [6.07, 6.45) is 2.12. The number of thioether (sulfide) groups is 1. The van der Waals surface area contributed by atoms with E-state index in [1.165, 1.54) is 64.4 Å². The molecule has 6 aromatic rings. The third-order valence-electron chi connectivity index (χ3n) is 9.60. The van der Waals surface area contributed by atoms with Crippen molar-refractivity contribution in [3.8, 4) is 0 Å². The van der Waals surface area contributed by atoms with Gasteiger partial charge in [-0.2, -0.15) is 0 Å².